The number of methoxy groups -OCH3 is 1. The molecule has 112 valence electrons. The van der Waals surface area contributed by atoms with E-state index in [-0.39, 0.29) is 18.2 Å². The second kappa shape index (κ2) is 6.96. The van der Waals surface area contributed by atoms with Gasteiger partial charge in [-0.1, -0.05) is 36.4 Å². The average molecular weight is 314 g/mol. The maximum absolute atomic E-state index is 10.0. The van der Waals surface area contributed by atoms with Gasteiger partial charge in [0.25, 0.3) is 0 Å². The van der Waals surface area contributed by atoms with Crippen LogP contribution in [-0.4, -0.2) is 17.2 Å². The van der Waals surface area contributed by atoms with E-state index < -0.39 is 0 Å². The van der Waals surface area contributed by atoms with Crippen molar-refractivity contribution >= 4 is 35.5 Å². The summed E-state index contributed by atoms with van der Waals surface area (Å²) in [6.07, 6.45) is 3.70. The van der Waals surface area contributed by atoms with Crippen molar-refractivity contribution in [2.24, 2.45) is 0 Å². The van der Waals surface area contributed by atoms with E-state index >= 15 is 0 Å². The molecule has 0 unspecified atom stereocenters. The van der Waals surface area contributed by atoms with Crippen molar-refractivity contribution in [2.45, 2.75) is 0 Å². The van der Waals surface area contributed by atoms with E-state index in [1.807, 2.05) is 60.7 Å². The number of halogens is 1. The molecule has 0 aliphatic rings. The van der Waals surface area contributed by atoms with Crippen molar-refractivity contribution in [3.63, 3.8) is 0 Å². The molecule has 3 nitrogen and oxygen atoms in total. The topological polar surface area (TPSA) is 42.4 Å². The van der Waals surface area contributed by atoms with Gasteiger partial charge in [0.05, 0.1) is 18.3 Å². The van der Waals surface area contributed by atoms with Gasteiger partial charge in [-0.05, 0) is 30.4 Å². The van der Waals surface area contributed by atoms with Crippen molar-refractivity contribution in [3.05, 3.63) is 65.9 Å². The number of rotatable bonds is 3. The predicted molar refractivity (Wildman–Crippen MR) is 92.6 cm³/mol. The Morgan fingerprint density at radius 1 is 0.955 bits per heavy atom. The maximum Gasteiger partial charge on any atom is 0.165 e. The van der Waals surface area contributed by atoms with Gasteiger partial charge in [0.15, 0.2) is 11.5 Å². The Morgan fingerprint density at radius 3 is 2.59 bits per heavy atom. The molecule has 0 aliphatic heterocycles. The maximum atomic E-state index is 10.0. The Bertz CT molecular complexity index is 815. The number of hydrogen-bond donors (Lipinski definition) is 1. The van der Waals surface area contributed by atoms with Gasteiger partial charge in [0.2, 0.25) is 0 Å². The van der Waals surface area contributed by atoms with Gasteiger partial charge < -0.3 is 9.84 Å². The van der Waals surface area contributed by atoms with E-state index in [1.165, 1.54) is 7.11 Å². The number of aromatic nitrogens is 1. The van der Waals surface area contributed by atoms with Gasteiger partial charge in [0.1, 0.15) is 0 Å². The third-order valence-corrected chi connectivity index (χ3v) is 3.30. The van der Waals surface area contributed by atoms with E-state index in [0.29, 0.717) is 11.3 Å². The Hall–Kier alpha value is -2.52. The van der Waals surface area contributed by atoms with Crippen LogP contribution < -0.4 is 4.74 Å². The number of phenols is 1. The second-order valence-electron chi connectivity index (χ2n) is 4.66. The van der Waals surface area contributed by atoms with E-state index in [2.05, 4.69) is 4.98 Å². The Kier molecular flexibility index (Phi) is 5.02. The number of aromatic hydroxyl groups is 1. The summed E-state index contributed by atoms with van der Waals surface area (Å²) in [5, 5.41) is 11.2. The summed E-state index contributed by atoms with van der Waals surface area (Å²) in [4.78, 5) is 4.56. The highest BCUT2D eigenvalue weighted by Crippen LogP contribution is 2.30. The number of phenolic OH excluding ortho intramolecular Hbond substituents is 1. The molecular weight excluding hydrogens is 298 g/mol. The average Bonchev–Trinajstić information content (AvgIpc) is 2.54. The zero-order valence-electron chi connectivity index (χ0n) is 12.1. The fourth-order valence-corrected chi connectivity index (χ4v) is 2.19. The highest BCUT2D eigenvalue weighted by molar-refractivity contribution is 5.85. The van der Waals surface area contributed by atoms with E-state index in [1.54, 1.807) is 6.07 Å². The second-order valence-corrected chi connectivity index (χ2v) is 4.66. The van der Waals surface area contributed by atoms with Crippen LogP contribution in [0.2, 0.25) is 0 Å². The molecule has 0 atom stereocenters. The molecular formula is C18H16ClNO2. The molecule has 0 amide bonds. The third-order valence-electron chi connectivity index (χ3n) is 3.30. The number of nitrogens with zero attached hydrogens (tertiary/aromatic N) is 1. The molecule has 0 saturated heterocycles. The molecule has 0 aliphatic carbocycles. The first-order chi connectivity index (χ1) is 10.3. The number of hydrogen-bond acceptors (Lipinski definition) is 3. The molecule has 1 N–H and O–H groups in total. The van der Waals surface area contributed by atoms with Crippen molar-refractivity contribution < 1.29 is 9.84 Å². The lowest BCUT2D eigenvalue weighted by Gasteiger charge is -2.05. The van der Waals surface area contributed by atoms with Gasteiger partial charge in [-0.15, -0.1) is 12.4 Å². The summed E-state index contributed by atoms with van der Waals surface area (Å²) >= 11 is 0. The molecule has 4 heteroatoms. The molecule has 0 saturated carbocycles. The molecule has 2 aromatic carbocycles. The fourth-order valence-electron chi connectivity index (χ4n) is 2.19. The van der Waals surface area contributed by atoms with Crippen LogP contribution in [0, 0.1) is 0 Å². The first kappa shape index (κ1) is 15.9. The first-order valence-electron chi connectivity index (χ1n) is 6.68. The van der Waals surface area contributed by atoms with Gasteiger partial charge in [-0.3, -0.25) is 0 Å². The molecule has 0 radical (unpaired) electrons. The lowest BCUT2D eigenvalue weighted by molar-refractivity contribution is 0.373. The number of para-hydroxylation sites is 2. The lowest BCUT2D eigenvalue weighted by Crippen LogP contribution is -1.85. The van der Waals surface area contributed by atoms with Crippen LogP contribution in [0.4, 0.5) is 0 Å². The molecule has 0 bridgehead atoms. The zero-order chi connectivity index (χ0) is 14.7. The largest absolute Gasteiger partial charge is 0.504 e. The SMILES string of the molecule is COc1cccc(/C=C/c2ccc3ccccc3n2)c1O.Cl. The highest BCUT2D eigenvalue weighted by atomic mass is 35.5. The molecule has 1 aromatic heterocycles. The number of benzene rings is 2. The Morgan fingerprint density at radius 2 is 1.77 bits per heavy atom. The number of pyridine rings is 1. The molecule has 22 heavy (non-hydrogen) atoms. The summed E-state index contributed by atoms with van der Waals surface area (Å²) in [6.45, 7) is 0. The normalized spacial score (nSPS) is 10.6. The molecule has 3 rings (SSSR count). The van der Waals surface area contributed by atoms with Gasteiger partial charge in [-0.2, -0.15) is 0 Å². The zero-order valence-corrected chi connectivity index (χ0v) is 12.9. The molecule has 0 spiro atoms. The van der Waals surface area contributed by atoms with Crippen molar-refractivity contribution in [3.8, 4) is 11.5 Å². The quantitative estimate of drug-likeness (QED) is 0.772. The van der Waals surface area contributed by atoms with Crippen LogP contribution >= 0.6 is 12.4 Å². The molecule has 1 heterocycles. The number of fused-ring (bicyclic) bond motifs is 1. The van der Waals surface area contributed by atoms with Crippen LogP contribution in [0.1, 0.15) is 11.3 Å². The van der Waals surface area contributed by atoms with Gasteiger partial charge in [0, 0.05) is 10.9 Å². The Labute approximate surface area is 135 Å². The van der Waals surface area contributed by atoms with E-state index in [0.717, 1.165) is 16.6 Å². The lowest BCUT2D eigenvalue weighted by atomic mass is 10.1. The minimum atomic E-state index is 0. The van der Waals surface area contributed by atoms with E-state index in [9.17, 15) is 5.11 Å². The summed E-state index contributed by atoms with van der Waals surface area (Å²) < 4.78 is 5.10. The smallest absolute Gasteiger partial charge is 0.165 e. The summed E-state index contributed by atoms with van der Waals surface area (Å²) in [6, 6.07) is 17.4. The monoisotopic (exact) mass is 313 g/mol. The molecule has 3 aromatic rings. The van der Waals surface area contributed by atoms with Gasteiger partial charge >= 0.3 is 0 Å². The molecule has 0 fully saturated rings. The van der Waals surface area contributed by atoms with Crippen molar-refractivity contribution in [1.29, 1.82) is 0 Å². The minimum Gasteiger partial charge on any atom is -0.504 e. The predicted octanol–water partition coefficient (Wildman–Crippen LogP) is 4.54. The van der Waals surface area contributed by atoms with E-state index in [4.69, 9.17) is 4.74 Å². The fraction of sp³-hybridized carbons (Fsp3) is 0.0556. The van der Waals surface area contributed by atoms with Crippen molar-refractivity contribution in [2.75, 3.05) is 7.11 Å². The third kappa shape index (κ3) is 3.21. The van der Waals surface area contributed by atoms with Crippen LogP contribution in [-0.2, 0) is 0 Å². The standard InChI is InChI=1S/C18H15NO2.ClH/c1-21-17-8-4-6-14(18(17)20)10-12-15-11-9-13-5-2-3-7-16(13)19-15;/h2-12,20H,1H3;1H/b12-10+;. The summed E-state index contributed by atoms with van der Waals surface area (Å²) in [7, 11) is 1.54. The summed E-state index contributed by atoms with van der Waals surface area (Å²) in [5.74, 6) is 0.598. The van der Waals surface area contributed by atoms with Crippen molar-refractivity contribution in [1.82, 2.24) is 4.98 Å². The first-order valence-corrected chi connectivity index (χ1v) is 6.68. The summed E-state index contributed by atoms with van der Waals surface area (Å²) in [5.41, 5.74) is 2.50. The van der Waals surface area contributed by atoms with Crippen LogP contribution in [0.5, 0.6) is 11.5 Å². The van der Waals surface area contributed by atoms with Crippen LogP contribution in [0.15, 0.2) is 54.6 Å². The van der Waals surface area contributed by atoms with Crippen LogP contribution in [0.25, 0.3) is 23.1 Å². The Balaban J connectivity index is 0.00000176. The number of ether oxygens (including phenoxy) is 1. The van der Waals surface area contributed by atoms with Crippen LogP contribution in [0.3, 0.4) is 0 Å². The highest BCUT2D eigenvalue weighted by Gasteiger charge is 2.04. The van der Waals surface area contributed by atoms with Gasteiger partial charge in [-0.25, -0.2) is 4.98 Å². The minimum absolute atomic E-state index is 0.